The fourth-order valence-corrected chi connectivity index (χ4v) is 2.75. The topological polar surface area (TPSA) is 43.8 Å². The molecule has 3 heteroatoms. The molecule has 0 amide bonds. The van der Waals surface area contributed by atoms with Crippen molar-refractivity contribution in [1.29, 1.82) is 0 Å². The first-order valence-corrected chi connectivity index (χ1v) is 7.63. The lowest BCUT2D eigenvalue weighted by Gasteiger charge is -2.07. The summed E-state index contributed by atoms with van der Waals surface area (Å²) in [5, 5.41) is 0. The molecule has 106 valence electrons. The van der Waals surface area contributed by atoms with Gasteiger partial charge in [-0.05, 0) is 43.7 Å². The van der Waals surface area contributed by atoms with Crippen LogP contribution in [0.25, 0.3) is 11.3 Å². The quantitative estimate of drug-likeness (QED) is 0.887. The Morgan fingerprint density at radius 3 is 2.85 bits per heavy atom. The van der Waals surface area contributed by atoms with Gasteiger partial charge in [0.25, 0.3) is 0 Å². The van der Waals surface area contributed by atoms with E-state index < -0.39 is 0 Å². The van der Waals surface area contributed by atoms with Crippen LogP contribution >= 0.6 is 0 Å². The second-order valence-electron chi connectivity index (χ2n) is 5.80. The van der Waals surface area contributed by atoms with Crippen molar-refractivity contribution < 1.29 is 0 Å². The predicted octanol–water partition coefficient (Wildman–Crippen LogP) is 4.12. The molecule has 1 saturated carbocycles. The van der Waals surface area contributed by atoms with Gasteiger partial charge < -0.3 is 10.3 Å². The molecule has 2 aromatic rings. The Hall–Kier alpha value is -1.77. The van der Waals surface area contributed by atoms with Gasteiger partial charge in [-0.2, -0.15) is 0 Å². The van der Waals surface area contributed by atoms with E-state index in [1.165, 1.54) is 24.8 Å². The standard InChI is InChI=1S/C17H23N3/c1-3-4-10-20-12(2)19-16(17(20)18)15-7-5-6-14(11-15)13-8-9-13/h5-7,11,13H,3-4,8-10,18H2,1-2H3. The SMILES string of the molecule is CCCCn1c(C)nc(-c2cccc(C3CC3)c2)c1N. The fraction of sp³-hybridized carbons (Fsp3) is 0.471. The highest BCUT2D eigenvalue weighted by molar-refractivity contribution is 5.71. The first-order chi connectivity index (χ1) is 9.70. The van der Waals surface area contributed by atoms with Crippen LogP contribution in [0.15, 0.2) is 24.3 Å². The van der Waals surface area contributed by atoms with Crippen LogP contribution in [0.1, 0.15) is 49.9 Å². The Morgan fingerprint density at radius 1 is 1.35 bits per heavy atom. The average molecular weight is 269 g/mol. The highest BCUT2D eigenvalue weighted by Crippen LogP contribution is 2.41. The molecule has 1 aliphatic carbocycles. The monoisotopic (exact) mass is 269 g/mol. The molecule has 1 aromatic carbocycles. The van der Waals surface area contributed by atoms with E-state index in [9.17, 15) is 0 Å². The molecular formula is C17H23N3. The van der Waals surface area contributed by atoms with Gasteiger partial charge in [-0.1, -0.05) is 31.5 Å². The summed E-state index contributed by atoms with van der Waals surface area (Å²) in [4.78, 5) is 4.69. The van der Waals surface area contributed by atoms with Gasteiger partial charge in [-0.3, -0.25) is 0 Å². The maximum atomic E-state index is 6.32. The minimum atomic E-state index is 0.763. The van der Waals surface area contributed by atoms with Crippen molar-refractivity contribution in [3.05, 3.63) is 35.7 Å². The summed E-state index contributed by atoms with van der Waals surface area (Å²) in [6.07, 6.45) is 4.96. The molecule has 1 fully saturated rings. The van der Waals surface area contributed by atoms with Gasteiger partial charge in [0, 0.05) is 12.1 Å². The number of nitrogens with two attached hydrogens (primary N) is 1. The number of imidazole rings is 1. The number of aromatic nitrogens is 2. The predicted molar refractivity (Wildman–Crippen MR) is 83.7 cm³/mol. The number of unbranched alkanes of at least 4 members (excludes halogenated alkanes) is 1. The number of nitrogen functional groups attached to an aromatic ring is 1. The maximum absolute atomic E-state index is 6.32. The number of hydrogen-bond acceptors (Lipinski definition) is 2. The third-order valence-electron chi connectivity index (χ3n) is 4.14. The van der Waals surface area contributed by atoms with E-state index >= 15 is 0 Å². The van der Waals surface area contributed by atoms with Crippen LogP contribution in [0.3, 0.4) is 0 Å². The van der Waals surface area contributed by atoms with Crippen LogP contribution in [-0.2, 0) is 6.54 Å². The average Bonchev–Trinajstić information content (AvgIpc) is 3.26. The first kappa shape index (κ1) is 13.2. The third-order valence-corrected chi connectivity index (χ3v) is 4.14. The lowest BCUT2D eigenvalue weighted by Crippen LogP contribution is -2.04. The molecule has 0 bridgehead atoms. The van der Waals surface area contributed by atoms with E-state index in [-0.39, 0.29) is 0 Å². The summed E-state index contributed by atoms with van der Waals surface area (Å²) in [5.74, 6) is 2.59. The molecule has 0 spiro atoms. The Kier molecular flexibility index (Phi) is 3.51. The summed E-state index contributed by atoms with van der Waals surface area (Å²) in [7, 11) is 0. The van der Waals surface area contributed by atoms with Crippen LogP contribution in [0, 0.1) is 6.92 Å². The molecule has 0 radical (unpaired) electrons. The number of anilines is 1. The van der Waals surface area contributed by atoms with Gasteiger partial charge in [0.05, 0.1) is 0 Å². The van der Waals surface area contributed by atoms with Gasteiger partial charge in [0.2, 0.25) is 0 Å². The molecule has 3 rings (SSSR count). The smallest absolute Gasteiger partial charge is 0.131 e. The largest absolute Gasteiger partial charge is 0.383 e. The number of hydrogen-bond donors (Lipinski definition) is 1. The Bertz CT molecular complexity index is 609. The van der Waals surface area contributed by atoms with Crippen LogP contribution < -0.4 is 5.73 Å². The lowest BCUT2D eigenvalue weighted by atomic mass is 10.1. The number of benzene rings is 1. The Morgan fingerprint density at radius 2 is 2.15 bits per heavy atom. The second-order valence-corrected chi connectivity index (χ2v) is 5.80. The van der Waals surface area contributed by atoms with Crippen LogP contribution in [-0.4, -0.2) is 9.55 Å². The zero-order valence-corrected chi connectivity index (χ0v) is 12.4. The summed E-state index contributed by atoms with van der Waals surface area (Å²) in [5.41, 5.74) is 9.86. The van der Waals surface area contributed by atoms with Crippen molar-refractivity contribution in [2.45, 2.75) is 52.0 Å². The first-order valence-electron chi connectivity index (χ1n) is 7.63. The van der Waals surface area contributed by atoms with E-state index in [2.05, 4.69) is 35.8 Å². The molecular weight excluding hydrogens is 246 g/mol. The molecule has 1 aliphatic rings. The van der Waals surface area contributed by atoms with Gasteiger partial charge in [-0.25, -0.2) is 4.98 Å². The van der Waals surface area contributed by atoms with Gasteiger partial charge in [0.15, 0.2) is 0 Å². The maximum Gasteiger partial charge on any atom is 0.131 e. The highest BCUT2D eigenvalue weighted by atomic mass is 15.1. The molecule has 0 aliphatic heterocycles. The minimum Gasteiger partial charge on any atom is -0.383 e. The normalized spacial score (nSPS) is 14.7. The second kappa shape index (κ2) is 5.31. The van der Waals surface area contributed by atoms with Crippen LogP contribution in [0.4, 0.5) is 5.82 Å². The number of nitrogens with zero attached hydrogens (tertiary/aromatic N) is 2. The van der Waals surface area contributed by atoms with E-state index in [1.54, 1.807) is 0 Å². The van der Waals surface area contributed by atoms with Crippen LogP contribution in [0.5, 0.6) is 0 Å². The highest BCUT2D eigenvalue weighted by Gasteiger charge is 2.24. The van der Waals surface area contributed by atoms with Crippen molar-refractivity contribution in [1.82, 2.24) is 9.55 Å². The molecule has 1 heterocycles. The molecule has 2 N–H and O–H groups in total. The van der Waals surface area contributed by atoms with Crippen molar-refractivity contribution in [2.75, 3.05) is 5.73 Å². The van der Waals surface area contributed by atoms with E-state index in [0.717, 1.165) is 41.8 Å². The summed E-state index contributed by atoms with van der Waals surface area (Å²) >= 11 is 0. The van der Waals surface area contributed by atoms with Crippen molar-refractivity contribution in [3.63, 3.8) is 0 Å². The minimum absolute atomic E-state index is 0.763. The Labute approximate surface area is 120 Å². The molecule has 0 unspecified atom stereocenters. The number of aryl methyl sites for hydroxylation is 1. The summed E-state index contributed by atoms with van der Waals surface area (Å²) in [6, 6.07) is 8.73. The molecule has 1 aromatic heterocycles. The molecule has 20 heavy (non-hydrogen) atoms. The molecule has 3 nitrogen and oxygen atoms in total. The lowest BCUT2D eigenvalue weighted by molar-refractivity contribution is 0.622. The van der Waals surface area contributed by atoms with E-state index in [0.29, 0.717) is 0 Å². The number of rotatable bonds is 5. The Balaban J connectivity index is 1.95. The fourth-order valence-electron chi connectivity index (χ4n) is 2.75. The van der Waals surface area contributed by atoms with E-state index in [1.807, 2.05) is 6.92 Å². The zero-order valence-electron chi connectivity index (χ0n) is 12.4. The zero-order chi connectivity index (χ0) is 14.1. The van der Waals surface area contributed by atoms with Crippen LogP contribution in [0.2, 0.25) is 0 Å². The summed E-state index contributed by atoms with van der Waals surface area (Å²) < 4.78 is 2.14. The van der Waals surface area contributed by atoms with Gasteiger partial charge in [-0.15, -0.1) is 0 Å². The van der Waals surface area contributed by atoms with Gasteiger partial charge in [0.1, 0.15) is 17.3 Å². The van der Waals surface area contributed by atoms with E-state index in [4.69, 9.17) is 10.7 Å². The molecule has 0 saturated heterocycles. The van der Waals surface area contributed by atoms with Crippen molar-refractivity contribution in [3.8, 4) is 11.3 Å². The molecule has 0 atom stereocenters. The summed E-state index contributed by atoms with van der Waals surface area (Å²) in [6.45, 7) is 5.20. The third kappa shape index (κ3) is 2.45. The van der Waals surface area contributed by atoms with Crippen molar-refractivity contribution >= 4 is 5.82 Å². The van der Waals surface area contributed by atoms with Gasteiger partial charge >= 0.3 is 0 Å². The van der Waals surface area contributed by atoms with Crippen molar-refractivity contribution in [2.24, 2.45) is 0 Å².